The number of nitrogen functional groups attached to an aromatic ring is 1. The molecule has 0 saturated heterocycles. The van der Waals surface area contributed by atoms with E-state index < -0.39 is 5.97 Å². The molecule has 0 fully saturated rings. The highest BCUT2D eigenvalue weighted by molar-refractivity contribution is 6.14. The number of nitrogens with one attached hydrogen (secondary N) is 1. The second kappa shape index (κ2) is 5.48. The maximum absolute atomic E-state index is 12.4. The lowest BCUT2D eigenvalue weighted by Gasteiger charge is -2.10. The highest BCUT2D eigenvalue weighted by Crippen LogP contribution is 2.27. The van der Waals surface area contributed by atoms with Gasteiger partial charge in [-0.3, -0.25) is 4.79 Å². The van der Waals surface area contributed by atoms with Gasteiger partial charge in [-0.2, -0.15) is 0 Å². The van der Waals surface area contributed by atoms with Gasteiger partial charge in [-0.25, -0.2) is 4.79 Å². The summed E-state index contributed by atoms with van der Waals surface area (Å²) in [5.41, 5.74) is 6.53. The van der Waals surface area contributed by atoms with Gasteiger partial charge in [-0.15, -0.1) is 0 Å². The average Bonchev–Trinajstić information content (AvgIpc) is 2.88. The van der Waals surface area contributed by atoms with Gasteiger partial charge in [-0.05, 0) is 25.1 Å². The first-order valence-electron chi connectivity index (χ1n) is 6.02. The Labute approximate surface area is 115 Å². The Morgan fingerprint density at radius 1 is 1.40 bits per heavy atom. The molecule has 6 heteroatoms. The number of H-pyrrole nitrogens is 1. The number of carboxylic acids is 1. The number of carboxylic acid groups (broad SMARTS) is 1. The van der Waals surface area contributed by atoms with Crippen molar-refractivity contribution in [3.8, 4) is 5.75 Å². The van der Waals surface area contributed by atoms with E-state index in [4.69, 9.17) is 15.6 Å². The van der Waals surface area contributed by atoms with Crippen LogP contribution in [0.4, 0.5) is 5.69 Å². The van der Waals surface area contributed by atoms with Crippen molar-refractivity contribution in [1.82, 2.24) is 4.98 Å². The van der Waals surface area contributed by atoms with Crippen molar-refractivity contribution in [2.24, 2.45) is 0 Å². The first-order valence-corrected chi connectivity index (χ1v) is 6.02. The molecule has 0 unspecified atom stereocenters. The second-order valence-corrected chi connectivity index (χ2v) is 4.09. The number of ether oxygens (including phenoxy) is 1. The van der Waals surface area contributed by atoms with Gasteiger partial charge in [-0.1, -0.05) is 6.07 Å². The summed E-state index contributed by atoms with van der Waals surface area (Å²) in [6.45, 7) is 2.20. The molecule has 0 amide bonds. The van der Waals surface area contributed by atoms with Crippen LogP contribution < -0.4 is 10.5 Å². The van der Waals surface area contributed by atoms with E-state index in [1.807, 2.05) is 0 Å². The van der Waals surface area contributed by atoms with Crippen LogP contribution in [-0.2, 0) is 0 Å². The van der Waals surface area contributed by atoms with Crippen molar-refractivity contribution in [1.29, 1.82) is 0 Å². The number of hydrogen-bond acceptors (Lipinski definition) is 4. The number of benzene rings is 1. The monoisotopic (exact) mass is 274 g/mol. The molecule has 20 heavy (non-hydrogen) atoms. The third kappa shape index (κ3) is 2.49. The first-order chi connectivity index (χ1) is 9.54. The highest BCUT2D eigenvalue weighted by atomic mass is 16.5. The third-order valence-corrected chi connectivity index (χ3v) is 2.76. The van der Waals surface area contributed by atoms with E-state index in [1.54, 1.807) is 25.1 Å². The number of rotatable bonds is 5. The van der Waals surface area contributed by atoms with Crippen LogP contribution >= 0.6 is 0 Å². The number of carbonyl (C=O) groups is 2. The van der Waals surface area contributed by atoms with E-state index in [0.717, 1.165) is 0 Å². The Bertz CT molecular complexity index is 661. The summed E-state index contributed by atoms with van der Waals surface area (Å²) in [6.07, 6.45) is 1.34. The van der Waals surface area contributed by atoms with E-state index in [2.05, 4.69) is 4.98 Å². The van der Waals surface area contributed by atoms with E-state index in [9.17, 15) is 9.59 Å². The van der Waals surface area contributed by atoms with Gasteiger partial charge in [0.25, 0.3) is 0 Å². The lowest BCUT2D eigenvalue weighted by molar-refractivity contribution is 0.0691. The zero-order valence-electron chi connectivity index (χ0n) is 10.8. The van der Waals surface area contributed by atoms with Crippen molar-refractivity contribution in [2.45, 2.75) is 6.92 Å². The Kier molecular flexibility index (Phi) is 3.74. The highest BCUT2D eigenvalue weighted by Gasteiger charge is 2.20. The van der Waals surface area contributed by atoms with Gasteiger partial charge >= 0.3 is 5.97 Å². The van der Waals surface area contributed by atoms with Crippen molar-refractivity contribution < 1.29 is 19.4 Å². The summed E-state index contributed by atoms with van der Waals surface area (Å²) in [5.74, 6) is -1.12. The summed E-state index contributed by atoms with van der Waals surface area (Å²) in [6, 6.07) is 6.21. The van der Waals surface area contributed by atoms with Crippen molar-refractivity contribution in [2.75, 3.05) is 12.3 Å². The molecular weight excluding hydrogens is 260 g/mol. The molecule has 4 N–H and O–H groups in total. The maximum atomic E-state index is 12.4. The Hall–Kier alpha value is -2.76. The third-order valence-electron chi connectivity index (χ3n) is 2.76. The molecule has 2 rings (SSSR count). The molecule has 104 valence electrons. The summed E-state index contributed by atoms with van der Waals surface area (Å²) in [7, 11) is 0. The molecule has 0 spiro atoms. The molecule has 0 aliphatic heterocycles. The number of hydrogen-bond donors (Lipinski definition) is 3. The van der Waals surface area contributed by atoms with Crippen molar-refractivity contribution in [3.63, 3.8) is 0 Å². The fourth-order valence-electron chi connectivity index (χ4n) is 1.86. The molecule has 1 aromatic carbocycles. The number of aromatic carboxylic acids is 1. The van der Waals surface area contributed by atoms with E-state index in [-0.39, 0.29) is 22.6 Å². The molecule has 0 aliphatic carbocycles. The molecule has 2 aromatic rings. The van der Waals surface area contributed by atoms with Crippen molar-refractivity contribution in [3.05, 3.63) is 47.3 Å². The van der Waals surface area contributed by atoms with Gasteiger partial charge < -0.3 is 20.6 Å². The normalized spacial score (nSPS) is 10.2. The quantitative estimate of drug-likeness (QED) is 0.570. The number of nitrogens with two attached hydrogens (primary N) is 1. The molecule has 0 atom stereocenters. The number of ketones is 1. The molecule has 0 saturated carbocycles. The number of carbonyl (C=O) groups excluding carboxylic acids is 1. The zero-order valence-corrected chi connectivity index (χ0v) is 10.8. The molecular formula is C14H14N2O4. The second-order valence-electron chi connectivity index (χ2n) is 4.09. The molecule has 0 bridgehead atoms. The summed E-state index contributed by atoms with van der Waals surface area (Å²) >= 11 is 0. The van der Waals surface area contributed by atoms with Crippen LogP contribution in [0.1, 0.15) is 33.3 Å². The lowest BCUT2D eigenvalue weighted by Crippen LogP contribution is -2.08. The summed E-state index contributed by atoms with van der Waals surface area (Å²) < 4.78 is 5.39. The molecule has 1 heterocycles. The Balaban J connectivity index is 2.44. The lowest BCUT2D eigenvalue weighted by atomic mass is 10.0. The maximum Gasteiger partial charge on any atom is 0.352 e. The fourth-order valence-corrected chi connectivity index (χ4v) is 1.86. The summed E-state index contributed by atoms with van der Waals surface area (Å²) in [5, 5.41) is 8.85. The molecule has 0 aliphatic rings. The van der Waals surface area contributed by atoms with Gasteiger partial charge in [0.15, 0.2) is 5.78 Å². The number of aromatic nitrogens is 1. The van der Waals surface area contributed by atoms with Gasteiger partial charge in [0, 0.05) is 17.4 Å². The topological polar surface area (TPSA) is 105 Å². The van der Waals surface area contributed by atoms with Crippen LogP contribution in [-0.4, -0.2) is 28.4 Å². The number of aromatic amines is 1. The predicted octanol–water partition coefficient (Wildman–Crippen LogP) is 1.92. The SMILES string of the molecule is CCOc1cccc(N)c1C(=O)c1c[nH]c(C(=O)O)c1. The standard InChI is InChI=1S/C14H14N2O4/c1-2-20-11-5-3-4-9(15)12(11)13(17)8-6-10(14(18)19)16-7-8/h3-7,16H,2,15H2,1H3,(H,18,19). The van der Waals surface area contributed by atoms with E-state index in [0.29, 0.717) is 18.0 Å². The Morgan fingerprint density at radius 3 is 2.75 bits per heavy atom. The van der Waals surface area contributed by atoms with Crippen LogP contribution in [0.2, 0.25) is 0 Å². The Morgan fingerprint density at radius 2 is 2.15 bits per heavy atom. The van der Waals surface area contributed by atoms with Gasteiger partial charge in [0.05, 0.1) is 12.2 Å². The summed E-state index contributed by atoms with van der Waals surface area (Å²) in [4.78, 5) is 25.8. The molecule has 0 radical (unpaired) electrons. The van der Waals surface area contributed by atoms with Crippen LogP contribution in [0.25, 0.3) is 0 Å². The molecule has 1 aromatic heterocycles. The van der Waals surface area contributed by atoms with Gasteiger partial charge in [0.2, 0.25) is 0 Å². The minimum Gasteiger partial charge on any atom is -0.493 e. The minimum absolute atomic E-state index is 0.0548. The van der Waals surface area contributed by atoms with E-state index >= 15 is 0 Å². The van der Waals surface area contributed by atoms with E-state index in [1.165, 1.54) is 12.3 Å². The van der Waals surface area contributed by atoms with Crippen LogP contribution in [0.3, 0.4) is 0 Å². The van der Waals surface area contributed by atoms with Crippen LogP contribution in [0.15, 0.2) is 30.5 Å². The number of anilines is 1. The van der Waals surface area contributed by atoms with Gasteiger partial charge in [0.1, 0.15) is 11.4 Å². The first kappa shape index (κ1) is 13.7. The van der Waals surface area contributed by atoms with Crippen molar-refractivity contribution >= 4 is 17.4 Å². The largest absolute Gasteiger partial charge is 0.493 e. The fraction of sp³-hybridized carbons (Fsp3) is 0.143. The smallest absolute Gasteiger partial charge is 0.352 e. The predicted molar refractivity (Wildman–Crippen MR) is 73.2 cm³/mol. The zero-order chi connectivity index (χ0) is 14.7. The average molecular weight is 274 g/mol. The minimum atomic E-state index is -1.13. The molecule has 6 nitrogen and oxygen atoms in total. The van der Waals surface area contributed by atoms with Crippen LogP contribution in [0, 0.1) is 0 Å². The van der Waals surface area contributed by atoms with Crippen LogP contribution in [0.5, 0.6) is 5.75 Å².